The minimum atomic E-state index is -6.23. The fourth-order valence-electron chi connectivity index (χ4n) is 3.52. The van der Waals surface area contributed by atoms with Crippen LogP contribution in [-0.4, -0.2) is 35.6 Å². The maximum absolute atomic E-state index is 13.7. The zero-order valence-electron chi connectivity index (χ0n) is 15.6. The maximum atomic E-state index is 13.7. The van der Waals surface area contributed by atoms with E-state index in [2.05, 4.69) is 25.4 Å². The molecule has 32 heavy (non-hydrogen) atoms. The number of cyclic esters (lactones) is 1. The molecule has 172 valence electrons. The van der Waals surface area contributed by atoms with Gasteiger partial charge in [0.15, 0.2) is 0 Å². The number of alkyl halides is 6. The number of benzene rings is 2. The van der Waals surface area contributed by atoms with Crippen LogP contribution in [-0.2, 0) is 19.9 Å². The Balaban J connectivity index is 2.37. The lowest BCUT2D eigenvalue weighted by Crippen LogP contribution is -2.59. The van der Waals surface area contributed by atoms with Gasteiger partial charge in [-0.1, -0.05) is 64.5 Å². The summed E-state index contributed by atoms with van der Waals surface area (Å²) in [5, 5.41) is 11.4. The summed E-state index contributed by atoms with van der Waals surface area (Å²) in [6.45, 7) is -1.24. The van der Waals surface area contributed by atoms with Crippen molar-refractivity contribution in [2.24, 2.45) is 0 Å². The molecule has 1 saturated heterocycles. The second-order valence-electron chi connectivity index (χ2n) is 6.79. The van der Waals surface area contributed by atoms with Crippen molar-refractivity contribution >= 4 is 21.9 Å². The van der Waals surface area contributed by atoms with Crippen LogP contribution in [0.3, 0.4) is 0 Å². The molecule has 1 aliphatic heterocycles. The zero-order chi connectivity index (χ0) is 23.9. The third kappa shape index (κ3) is 3.72. The van der Waals surface area contributed by atoms with E-state index in [4.69, 9.17) is 0 Å². The number of nitro groups is 1. The molecule has 0 aliphatic carbocycles. The van der Waals surface area contributed by atoms with Crippen LogP contribution in [0.15, 0.2) is 59.1 Å². The van der Waals surface area contributed by atoms with Crippen molar-refractivity contribution in [1.82, 2.24) is 0 Å². The molecule has 0 aromatic heterocycles. The number of hydrogen-bond acceptors (Lipinski definition) is 5. The molecule has 1 aliphatic rings. The molecular formula is C19H12BrF6NO5. The van der Waals surface area contributed by atoms with Gasteiger partial charge in [0.1, 0.15) is 0 Å². The highest BCUT2D eigenvalue weighted by Crippen LogP contribution is 2.59. The summed E-state index contributed by atoms with van der Waals surface area (Å²) >= 11 is 3.08. The van der Waals surface area contributed by atoms with Crippen molar-refractivity contribution in [2.75, 3.05) is 6.54 Å². The first-order valence-electron chi connectivity index (χ1n) is 8.75. The number of nitrogens with zero attached hydrogens (tertiary/aromatic N) is 1. The molecule has 0 bridgehead atoms. The molecule has 0 saturated carbocycles. The molecule has 2 aromatic rings. The van der Waals surface area contributed by atoms with Crippen LogP contribution in [0.1, 0.15) is 17.0 Å². The fourth-order valence-corrected chi connectivity index (χ4v) is 4.08. The van der Waals surface area contributed by atoms with Crippen molar-refractivity contribution < 1.29 is 45.5 Å². The van der Waals surface area contributed by atoms with Gasteiger partial charge in [0.05, 0.1) is 5.92 Å². The summed E-state index contributed by atoms with van der Waals surface area (Å²) in [5.41, 5.74) is -3.73. The number of rotatable bonds is 5. The first-order chi connectivity index (χ1) is 14.8. The van der Waals surface area contributed by atoms with E-state index in [1.165, 1.54) is 42.5 Å². The van der Waals surface area contributed by atoms with Gasteiger partial charge in [-0.05, 0) is 17.2 Å². The minimum Gasteiger partial charge on any atom is -0.413 e. The largest absolute Gasteiger partial charge is 0.465 e. The van der Waals surface area contributed by atoms with E-state index in [1.807, 2.05) is 0 Å². The predicted molar refractivity (Wildman–Crippen MR) is 98.9 cm³/mol. The predicted octanol–water partition coefficient (Wildman–Crippen LogP) is 5.10. The third-order valence-electron chi connectivity index (χ3n) is 4.90. The SMILES string of the molecule is O=C1OC(C(F)(F)F)(C(F)(F)F)OC1(c1ccccc1)[C@@H](C[N+](=O)[O-])c1ccccc1Br. The van der Waals surface area contributed by atoms with E-state index in [0.717, 1.165) is 12.1 Å². The lowest BCUT2D eigenvalue weighted by Gasteiger charge is -2.36. The van der Waals surface area contributed by atoms with E-state index in [1.54, 1.807) is 0 Å². The van der Waals surface area contributed by atoms with Gasteiger partial charge < -0.3 is 9.47 Å². The Morgan fingerprint density at radius 3 is 1.97 bits per heavy atom. The number of hydrogen-bond donors (Lipinski definition) is 0. The number of carbonyl (C=O) groups excluding carboxylic acids is 1. The quantitative estimate of drug-likeness (QED) is 0.234. The Bertz CT molecular complexity index is 1010. The highest BCUT2D eigenvalue weighted by Gasteiger charge is 2.84. The molecule has 0 radical (unpaired) electrons. The summed E-state index contributed by atoms with van der Waals surface area (Å²) in [6, 6.07) is 11.3. The minimum absolute atomic E-state index is 0.107. The van der Waals surface area contributed by atoms with Crippen LogP contribution in [0.4, 0.5) is 26.3 Å². The molecule has 2 aromatic carbocycles. The molecular weight excluding hydrogens is 516 g/mol. The average Bonchev–Trinajstić information content (AvgIpc) is 3.03. The molecule has 0 spiro atoms. The number of esters is 1. The van der Waals surface area contributed by atoms with E-state index >= 15 is 0 Å². The van der Waals surface area contributed by atoms with Crippen LogP contribution < -0.4 is 0 Å². The van der Waals surface area contributed by atoms with Crippen LogP contribution in [0, 0.1) is 10.1 Å². The lowest BCUT2D eigenvalue weighted by atomic mass is 9.77. The fraction of sp³-hybridized carbons (Fsp3) is 0.316. The van der Waals surface area contributed by atoms with Crippen molar-refractivity contribution in [2.45, 2.75) is 29.7 Å². The zero-order valence-corrected chi connectivity index (χ0v) is 17.2. The maximum Gasteiger partial charge on any atom is 0.465 e. The Morgan fingerprint density at radius 1 is 0.969 bits per heavy atom. The van der Waals surface area contributed by atoms with Gasteiger partial charge >= 0.3 is 24.1 Å². The molecule has 3 rings (SSSR count). The van der Waals surface area contributed by atoms with Gasteiger partial charge in [-0.15, -0.1) is 0 Å². The van der Waals surface area contributed by atoms with Gasteiger partial charge in [-0.3, -0.25) is 10.1 Å². The normalized spacial score (nSPS) is 21.8. The first kappa shape index (κ1) is 24.0. The summed E-state index contributed by atoms with van der Waals surface area (Å²) in [7, 11) is 0. The molecule has 2 atom stereocenters. The average molecular weight is 528 g/mol. The summed E-state index contributed by atoms with van der Waals surface area (Å²) in [6.07, 6.45) is -12.5. The Hall–Kier alpha value is -2.67. The highest BCUT2D eigenvalue weighted by molar-refractivity contribution is 9.10. The van der Waals surface area contributed by atoms with Gasteiger partial charge in [0.25, 0.3) is 0 Å². The third-order valence-corrected chi connectivity index (χ3v) is 5.62. The molecule has 1 unspecified atom stereocenters. The number of halogens is 7. The topological polar surface area (TPSA) is 78.7 Å². The van der Waals surface area contributed by atoms with E-state index in [9.17, 15) is 41.3 Å². The second-order valence-corrected chi connectivity index (χ2v) is 7.65. The van der Waals surface area contributed by atoms with E-state index < -0.39 is 52.7 Å². The highest BCUT2D eigenvalue weighted by atomic mass is 79.9. The van der Waals surface area contributed by atoms with Crippen LogP contribution >= 0.6 is 15.9 Å². The van der Waals surface area contributed by atoms with Crippen molar-refractivity contribution in [1.29, 1.82) is 0 Å². The molecule has 6 nitrogen and oxygen atoms in total. The molecule has 0 N–H and O–H groups in total. The van der Waals surface area contributed by atoms with Crippen LogP contribution in [0.2, 0.25) is 0 Å². The number of ether oxygens (including phenoxy) is 2. The van der Waals surface area contributed by atoms with Crippen molar-refractivity contribution in [3.63, 3.8) is 0 Å². The Morgan fingerprint density at radius 2 is 1.50 bits per heavy atom. The summed E-state index contributed by atoms with van der Waals surface area (Å²) < 4.78 is 90.7. The summed E-state index contributed by atoms with van der Waals surface area (Å²) in [5.74, 6) is -9.29. The van der Waals surface area contributed by atoms with Gasteiger partial charge in [-0.25, -0.2) is 4.79 Å². The Labute approximate surface area is 184 Å². The van der Waals surface area contributed by atoms with Crippen LogP contribution in [0.5, 0.6) is 0 Å². The van der Waals surface area contributed by atoms with Gasteiger partial charge in [0, 0.05) is 9.40 Å². The monoisotopic (exact) mass is 527 g/mol. The van der Waals surface area contributed by atoms with Gasteiger partial charge in [0.2, 0.25) is 12.1 Å². The first-order valence-corrected chi connectivity index (χ1v) is 9.54. The molecule has 1 heterocycles. The standard InChI is InChI=1S/C19H12BrF6NO5/c20-14-9-5-4-8-12(14)13(10-27(29)30)16(11-6-2-1-3-7-11)15(28)31-17(32-16,18(21,22)23)19(24,25)26/h1-9,13H,10H2/t13-,16?/m0/s1. The molecule has 1 fully saturated rings. The summed E-state index contributed by atoms with van der Waals surface area (Å²) in [4.78, 5) is 23.4. The lowest BCUT2D eigenvalue weighted by molar-refractivity contribution is -0.491. The van der Waals surface area contributed by atoms with Crippen LogP contribution in [0.25, 0.3) is 0 Å². The van der Waals surface area contributed by atoms with Crippen molar-refractivity contribution in [3.8, 4) is 0 Å². The van der Waals surface area contributed by atoms with E-state index in [0.29, 0.717) is 0 Å². The van der Waals surface area contributed by atoms with Crippen molar-refractivity contribution in [3.05, 3.63) is 80.3 Å². The molecule has 13 heteroatoms. The van der Waals surface area contributed by atoms with E-state index in [-0.39, 0.29) is 10.0 Å². The Kier molecular flexibility index (Phi) is 6.02. The second kappa shape index (κ2) is 8.03. The number of carbonyl (C=O) groups is 1. The molecule has 0 amide bonds. The smallest absolute Gasteiger partial charge is 0.413 e. The van der Waals surface area contributed by atoms with Gasteiger partial charge in [-0.2, -0.15) is 26.3 Å².